The molecule has 0 aliphatic carbocycles. The van der Waals surface area contributed by atoms with E-state index in [0.717, 1.165) is 12.0 Å². The molecule has 0 unspecified atom stereocenters. The lowest BCUT2D eigenvalue weighted by atomic mass is 10.1. The number of halogens is 2. The van der Waals surface area contributed by atoms with Crippen LogP contribution in [0.4, 0.5) is 0 Å². The van der Waals surface area contributed by atoms with E-state index in [1.807, 2.05) is 26.0 Å². The number of nitrogens with one attached hydrogen (secondary N) is 1. The Morgan fingerprint density at radius 1 is 1.10 bits per heavy atom. The number of carbonyl (C=O) groups is 2. The van der Waals surface area contributed by atoms with Gasteiger partial charge in [0, 0.05) is 17.6 Å². The summed E-state index contributed by atoms with van der Waals surface area (Å²) in [6.45, 7) is 5.62. The number of ether oxygens (including phenoxy) is 1. The van der Waals surface area contributed by atoms with E-state index in [2.05, 4.69) is 5.32 Å². The summed E-state index contributed by atoms with van der Waals surface area (Å²) in [5.74, 6) is -0.119. The summed E-state index contributed by atoms with van der Waals surface area (Å²) in [5.41, 5.74) is 0.826. The molecule has 0 bridgehead atoms. The van der Waals surface area contributed by atoms with Gasteiger partial charge in [-0.1, -0.05) is 54.4 Å². The van der Waals surface area contributed by atoms with Crippen LogP contribution >= 0.6 is 23.2 Å². The Morgan fingerprint density at radius 2 is 1.83 bits per heavy atom. The van der Waals surface area contributed by atoms with E-state index in [0.29, 0.717) is 15.8 Å². The van der Waals surface area contributed by atoms with Crippen molar-refractivity contribution in [1.29, 1.82) is 0 Å². The molecule has 0 aliphatic rings. The molecule has 2 atom stereocenters. The summed E-state index contributed by atoms with van der Waals surface area (Å²) in [7, 11) is 0. The molecule has 0 fully saturated rings. The van der Waals surface area contributed by atoms with Crippen molar-refractivity contribution in [2.45, 2.75) is 45.8 Å². The van der Waals surface area contributed by atoms with Crippen molar-refractivity contribution in [2.75, 3.05) is 6.61 Å². The minimum atomic E-state index is -0.676. The molecule has 2 amide bonds. The Labute approximate surface area is 181 Å². The first-order valence-electron chi connectivity index (χ1n) is 9.53. The molecular formula is C22H26Cl2N2O3. The lowest BCUT2D eigenvalue weighted by Gasteiger charge is -2.29. The van der Waals surface area contributed by atoms with Crippen molar-refractivity contribution in [3.8, 4) is 5.75 Å². The molecule has 2 rings (SSSR count). The van der Waals surface area contributed by atoms with Crippen LogP contribution in [-0.4, -0.2) is 35.4 Å². The highest BCUT2D eigenvalue weighted by Gasteiger charge is 2.27. The summed E-state index contributed by atoms with van der Waals surface area (Å²) in [6, 6.07) is 13.5. The monoisotopic (exact) mass is 436 g/mol. The first kappa shape index (κ1) is 23.0. The third-order valence-corrected chi connectivity index (χ3v) is 5.15. The molecule has 2 aromatic rings. The van der Waals surface area contributed by atoms with Gasteiger partial charge in [-0.3, -0.25) is 9.59 Å². The van der Waals surface area contributed by atoms with Crippen LogP contribution in [0.5, 0.6) is 5.75 Å². The van der Waals surface area contributed by atoms with E-state index in [4.69, 9.17) is 27.9 Å². The molecule has 5 nitrogen and oxygen atoms in total. The Balaban J connectivity index is 2.17. The fourth-order valence-electron chi connectivity index (χ4n) is 2.66. The van der Waals surface area contributed by atoms with Crippen LogP contribution in [0.2, 0.25) is 10.0 Å². The van der Waals surface area contributed by atoms with Crippen molar-refractivity contribution < 1.29 is 14.3 Å². The molecule has 0 radical (unpaired) electrons. The van der Waals surface area contributed by atoms with Gasteiger partial charge >= 0.3 is 0 Å². The lowest BCUT2D eigenvalue weighted by Crippen LogP contribution is -2.50. The van der Waals surface area contributed by atoms with Crippen molar-refractivity contribution in [2.24, 2.45) is 0 Å². The molecule has 1 N–H and O–H groups in total. The van der Waals surface area contributed by atoms with Crippen molar-refractivity contribution >= 4 is 35.0 Å². The second-order valence-corrected chi connectivity index (χ2v) is 7.71. The van der Waals surface area contributed by atoms with Gasteiger partial charge in [0.25, 0.3) is 5.91 Å². The lowest BCUT2D eigenvalue weighted by molar-refractivity contribution is -0.142. The largest absolute Gasteiger partial charge is 0.482 e. The van der Waals surface area contributed by atoms with E-state index in [-0.39, 0.29) is 31.0 Å². The smallest absolute Gasteiger partial charge is 0.261 e. The summed E-state index contributed by atoms with van der Waals surface area (Å²) in [6.07, 6.45) is 0.802. The molecule has 0 spiro atoms. The Hall–Kier alpha value is -2.24. The van der Waals surface area contributed by atoms with Gasteiger partial charge in [-0.25, -0.2) is 0 Å². The van der Waals surface area contributed by atoms with Gasteiger partial charge in [-0.15, -0.1) is 0 Å². The summed E-state index contributed by atoms with van der Waals surface area (Å²) < 4.78 is 5.59. The fraction of sp³-hybridized carbons (Fsp3) is 0.364. The van der Waals surface area contributed by atoms with Gasteiger partial charge in [0.1, 0.15) is 11.8 Å². The van der Waals surface area contributed by atoms with Crippen LogP contribution < -0.4 is 10.1 Å². The number of benzene rings is 2. The van der Waals surface area contributed by atoms with E-state index in [9.17, 15) is 9.59 Å². The highest BCUT2D eigenvalue weighted by molar-refractivity contribution is 6.32. The number of nitrogens with zero attached hydrogens (tertiary/aromatic N) is 1. The number of hydrogen-bond acceptors (Lipinski definition) is 3. The predicted molar refractivity (Wildman–Crippen MR) is 116 cm³/mol. The summed E-state index contributed by atoms with van der Waals surface area (Å²) in [4.78, 5) is 27.1. The van der Waals surface area contributed by atoms with Crippen molar-refractivity contribution in [3.63, 3.8) is 0 Å². The molecule has 7 heteroatoms. The van der Waals surface area contributed by atoms with Crippen LogP contribution in [0, 0.1) is 0 Å². The second kappa shape index (κ2) is 11.1. The molecule has 0 aromatic heterocycles. The topological polar surface area (TPSA) is 58.6 Å². The van der Waals surface area contributed by atoms with Gasteiger partial charge in [-0.2, -0.15) is 0 Å². The highest BCUT2D eigenvalue weighted by Crippen LogP contribution is 2.23. The fourth-order valence-corrected chi connectivity index (χ4v) is 3.07. The van der Waals surface area contributed by atoms with Crippen molar-refractivity contribution in [3.05, 3.63) is 64.1 Å². The molecule has 29 heavy (non-hydrogen) atoms. The average Bonchev–Trinajstić information content (AvgIpc) is 2.70. The summed E-state index contributed by atoms with van der Waals surface area (Å²) in [5, 5.41) is 3.91. The first-order chi connectivity index (χ1) is 13.8. The molecule has 0 aliphatic heterocycles. The van der Waals surface area contributed by atoms with Crippen LogP contribution in [0.1, 0.15) is 32.8 Å². The van der Waals surface area contributed by atoms with Crippen molar-refractivity contribution in [1.82, 2.24) is 10.2 Å². The minimum Gasteiger partial charge on any atom is -0.482 e. The van der Waals surface area contributed by atoms with E-state index < -0.39 is 6.04 Å². The second-order valence-electron chi connectivity index (χ2n) is 6.86. The van der Waals surface area contributed by atoms with Gasteiger partial charge < -0.3 is 15.0 Å². The number of hydrogen-bond donors (Lipinski definition) is 1. The van der Waals surface area contributed by atoms with Crippen LogP contribution in [-0.2, 0) is 16.1 Å². The normalized spacial score (nSPS) is 12.7. The zero-order chi connectivity index (χ0) is 21.4. The van der Waals surface area contributed by atoms with Gasteiger partial charge in [-0.05, 0) is 50.1 Å². The van der Waals surface area contributed by atoms with Gasteiger partial charge in [0.05, 0.1) is 5.02 Å². The standard InChI is InChI=1S/C22H26Cl2N2O3/c1-4-15(2)25-22(28)16(3)26(13-17-8-7-9-18(23)12-17)21(27)14-29-20-11-6-5-10-19(20)24/h5-12,15-16H,4,13-14H2,1-3H3,(H,25,28)/t15-,16+/m0/s1. The third kappa shape index (κ3) is 6.94. The predicted octanol–water partition coefficient (Wildman–Crippen LogP) is 4.70. The Kier molecular flexibility index (Phi) is 8.80. The van der Waals surface area contributed by atoms with E-state index in [1.165, 1.54) is 4.90 Å². The number of rotatable bonds is 9. The maximum absolute atomic E-state index is 13.0. The van der Waals surface area contributed by atoms with E-state index in [1.54, 1.807) is 43.3 Å². The van der Waals surface area contributed by atoms with Crippen LogP contribution in [0.3, 0.4) is 0 Å². The van der Waals surface area contributed by atoms with Gasteiger partial charge in [0.15, 0.2) is 6.61 Å². The molecule has 0 saturated heterocycles. The first-order valence-corrected chi connectivity index (χ1v) is 10.3. The average molecular weight is 437 g/mol. The molecule has 0 heterocycles. The Morgan fingerprint density at radius 3 is 2.48 bits per heavy atom. The highest BCUT2D eigenvalue weighted by atomic mass is 35.5. The zero-order valence-corrected chi connectivity index (χ0v) is 18.3. The quantitative estimate of drug-likeness (QED) is 0.619. The molecule has 156 valence electrons. The van der Waals surface area contributed by atoms with E-state index >= 15 is 0 Å². The summed E-state index contributed by atoms with van der Waals surface area (Å²) >= 11 is 12.2. The maximum Gasteiger partial charge on any atom is 0.261 e. The van der Waals surface area contributed by atoms with Crippen LogP contribution in [0.15, 0.2) is 48.5 Å². The maximum atomic E-state index is 13.0. The Bertz CT molecular complexity index is 844. The zero-order valence-electron chi connectivity index (χ0n) is 16.8. The minimum absolute atomic E-state index is 0.0208. The third-order valence-electron chi connectivity index (χ3n) is 4.60. The van der Waals surface area contributed by atoms with Gasteiger partial charge in [0.2, 0.25) is 5.91 Å². The molecular weight excluding hydrogens is 411 g/mol. The number of para-hydroxylation sites is 1. The SMILES string of the molecule is CC[C@H](C)NC(=O)[C@@H](C)N(Cc1cccc(Cl)c1)C(=O)COc1ccccc1Cl. The van der Waals surface area contributed by atoms with Crippen LogP contribution in [0.25, 0.3) is 0 Å². The number of amides is 2. The number of carbonyl (C=O) groups excluding carboxylic acids is 2. The molecule has 0 saturated carbocycles. The molecule has 2 aromatic carbocycles.